The molecule has 1 N–H and O–H groups in total. The number of anilines is 1. The molecule has 0 fully saturated rings. The van der Waals surface area contributed by atoms with Gasteiger partial charge in [-0.1, -0.05) is 41.4 Å². The van der Waals surface area contributed by atoms with E-state index >= 15 is 0 Å². The molecule has 0 bridgehead atoms. The number of hydrogen-bond donors (Lipinski definition) is 1. The molecule has 0 spiro atoms. The molecule has 1 amide bonds. The van der Waals surface area contributed by atoms with Crippen LogP contribution in [-0.2, 0) is 11.3 Å². The molecule has 0 saturated carbocycles. The highest BCUT2D eigenvalue weighted by Gasteiger charge is 2.08. The van der Waals surface area contributed by atoms with Gasteiger partial charge in [-0.2, -0.15) is 0 Å². The van der Waals surface area contributed by atoms with E-state index < -0.39 is 0 Å². The van der Waals surface area contributed by atoms with Gasteiger partial charge in [-0.15, -0.1) is 0 Å². The van der Waals surface area contributed by atoms with E-state index in [0.717, 1.165) is 21.3 Å². The van der Waals surface area contributed by atoms with E-state index in [1.54, 1.807) is 3.96 Å². The third kappa shape index (κ3) is 3.57. The molecule has 0 atom stereocenters. The molecule has 2 aromatic carbocycles. The Morgan fingerprint density at radius 1 is 1.17 bits per heavy atom. The van der Waals surface area contributed by atoms with E-state index in [9.17, 15) is 9.59 Å². The van der Waals surface area contributed by atoms with Crippen molar-refractivity contribution in [3.05, 3.63) is 63.9 Å². The zero-order chi connectivity index (χ0) is 17.1. The molecule has 4 nitrogen and oxygen atoms in total. The summed E-state index contributed by atoms with van der Waals surface area (Å²) in [7, 11) is 0. The second-order valence-electron chi connectivity index (χ2n) is 5.96. The Kier molecular flexibility index (Phi) is 4.81. The van der Waals surface area contributed by atoms with Crippen LogP contribution in [0, 0.1) is 13.8 Å². The Balaban J connectivity index is 1.58. The van der Waals surface area contributed by atoms with Crippen LogP contribution in [0.3, 0.4) is 0 Å². The molecule has 24 heavy (non-hydrogen) atoms. The summed E-state index contributed by atoms with van der Waals surface area (Å²) in [6.45, 7) is 4.58. The van der Waals surface area contributed by atoms with E-state index in [-0.39, 0.29) is 11.5 Å². The predicted octanol–water partition coefficient (Wildman–Crippen LogP) is 4.10. The quantitative estimate of drug-likeness (QED) is 0.760. The maximum absolute atomic E-state index is 12.2. The molecule has 0 unspecified atom stereocenters. The number of rotatable bonds is 5. The van der Waals surface area contributed by atoms with Gasteiger partial charge >= 0.3 is 0 Å². The Bertz CT molecular complexity index is 940. The summed E-state index contributed by atoms with van der Waals surface area (Å²) in [6.07, 6.45) is 1.04. The Morgan fingerprint density at radius 2 is 1.96 bits per heavy atom. The lowest BCUT2D eigenvalue weighted by molar-refractivity contribution is -0.116. The lowest BCUT2D eigenvalue weighted by Gasteiger charge is -2.09. The minimum atomic E-state index is -0.0175. The van der Waals surface area contributed by atoms with Gasteiger partial charge in [0.05, 0.1) is 10.1 Å². The molecular weight excluding hydrogens is 320 g/mol. The maximum Gasteiger partial charge on any atom is 0.268 e. The second-order valence-corrected chi connectivity index (χ2v) is 7.03. The molecule has 0 radical (unpaired) electrons. The van der Waals surface area contributed by atoms with Crippen LogP contribution in [0.5, 0.6) is 0 Å². The average molecular weight is 340 g/mol. The van der Waals surface area contributed by atoms with Gasteiger partial charge in [0.15, 0.2) is 0 Å². The van der Waals surface area contributed by atoms with Crippen LogP contribution in [0.2, 0.25) is 0 Å². The highest BCUT2D eigenvalue weighted by Crippen LogP contribution is 2.18. The van der Waals surface area contributed by atoms with Gasteiger partial charge in [0.25, 0.3) is 5.56 Å². The first-order valence-corrected chi connectivity index (χ1v) is 8.78. The number of fused-ring (bicyclic) bond motifs is 1. The van der Waals surface area contributed by atoms with E-state index in [0.29, 0.717) is 19.4 Å². The van der Waals surface area contributed by atoms with Crippen molar-refractivity contribution in [3.8, 4) is 0 Å². The van der Waals surface area contributed by atoms with Crippen LogP contribution in [0.25, 0.3) is 10.1 Å². The standard InChI is InChI=1S/C19H20N2O2S/c1-13-9-10-16(14(2)12-13)20-18(22)8-5-11-21-19(23)15-6-3-4-7-17(15)24-21/h3-4,6-7,9-10,12H,5,8,11H2,1-2H3,(H,20,22). The van der Waals surface area contributed by atoms with Crippen molar-refractivity contribution in [3.63, 3.8) is 0 Å². The van der Waals surface area contributed by atoms with Crippen molar-refractivity contribution < 1.29 is 4.79 Å². The number of aromatic nitrogens is 1. The highest BCUT2D eigenvalue weighted by molar-refractivity contribution is 7.13. The topological polar surface area (TPSA) is 51.1 Å². The Hall–Kier alpha value is -2.40. The van der Waals surface area contributed by atoms with Crippen LogP contribution in [0.15, 0.2) is 47.3 Å². The predicted molar refractivity (Wildman–Crippen MR) is 99.9 cm³/mol. The zero-order valence-corrected chi connectivity index (χ0v) is 14.7. The van der Waals surface area contributed by atoms with Crippen LogP contribution < -0.4 is 10.9 Å². The summed E-state index contributed by atoms with van der Waals surface area (Å²) in [5.74, 6) is -0.0175. The minimum Gasteiger partial charge on any atom is -0.326 e. The first-order valence-electron chi connectivity index (χ1n) is 8.00. The highest BCUT2D eigenvalue weighted by atomic mass is 32.1. The van der Waals surface area contributed by atoms with Gasteiger partial charge in [-0.3, -0.25) is 13.5 Å². The number of amides is 1. The fraction of sp³-hybridized carbons (Fsp3) is 0.263. The van der Waals surface area contributed by atoms with Gasteiger partial charge in [0.2, 0.25) is 5.91 Å². The Labute approximate surface area is 144 Å². The van der Waals surface area contributed by atoms with E-state index in [4.69, 9.17) is 0 Å². The van der Waals surface area contributed by atoms with Gasteiger partial charge < -0.3 is 5.32 Å². The van der Waals surface area contributed by atoms with Crippen LogP contribution in [-0.4, -0.2) is 9.86 Å². The van der Waals surface area contributed by atoms with Gasteiger partial charge in [-0.25, -0.2) is 0 Å². The number of aryl methyl sites for hydroxylation is 3. The molecule has 1 heterocycles. The first-order chi connectivity index (χ1) is 11.5. The Morgan fingerprint density at radius 3 is 2.71 bits per heavy atom. The number of nitrogens with zero attached hydrogens (tertiary/aromatic N) is 1. The van der Waals surface area contributed by atoms with Crippen molar-refractivity contribution in [1.29, 1.82) is 0 Å². The molecular formula is C19H20N2O2S. The van der Waals surface area contributed by atoms with Crippen LogP contribution >= 0.6 is 11.5 Å². The third-order valence-electron chi connectivity index (χ3n) is 3.97. The summed E-state index contributed by atoms with van der Waals surface area (Å²) < 4.78 is 2.72. The summed E-state index contributed by atoms with van der Waals surface area (Å²) in [5, 5.41) is 3.69. The molecule has 0 saturated heterocycles. The monoisotopic (exact) mass is 340 g/mol. The molecule has 0 aliphatic rings. The summed E-state index contributed by atoms with van der Waals surface area (Å²) in [4.78, 5) is 24.3. The molecule has 3 aromatic rings. The van der Waals surface area contributed by atoms with Gasteiger partial charge in [-0.05, 0) is 44.0 Å². The summed E-state index contributed by atoms with van der Waals surface area (Å²) in [6, 6.07) is 13.6. The number of carbonyl (C=O) groups excluding carboxylic acids is 1. The SMILES string of the molecule is Cc1ccc(NC(=O)CCCn2sc3ccccc3c2=O)c(C)c1. The lowest BCUT2D eigenvalue weighted by atomic mass is 10.1. The molecule has 0 aliphatic carbocycles. The fourth-order valence-electron chi connectivity index (χ4n) is 2.71. The lowest BCUT2D eigenvalue weighted by Crippen LogP contribution is -2.16. The average Bonchev–Trinajstić information content (AvgIpc) is 2.87. The van der Waals surface area contributed by atoms with Gasteiger partial charge in [0, 0.05) is 18.7 Å². The zero-order valence-electron chi connectivity index (χ0n) is 13.8. The van der Waals surface area contributed by atoms with Crippen molar-refractivity contribution in [2.45, 2.75) is 33.2 Å². The van der Waals surface area contributed by atoms with E-state index in [1.807, 2.05) is 56.3 Å². The van der Waals surface area contributed by atoms with Crippen LogP contribution in [0.1, 0.15) is 24.0 Å². The summed E-state index contributed by atoms with van der Waals surface area (Å²) in [5.41, 5.74) is 3.12. The normalized spacial score (nSPS) is 10.9. The third-order valence-corrected chi connectivity index (χ3v) is 5.10. The number of nitrogens with one attached hydrogen (secondary N) is 1. The number of hydrogen-bond acceptors (Lipinski definition) is 3. The minimum absolute atomic E-state index is 0.0175. The largest absolute Gasteiger partial charge is 0.326 e. The smallest absolute Gasteiger partial charge is 0.268 e. The second kappa shape index (κ2) is 7.01. The fourth-order valence-corrected chi connectivity index (χ4v) is 3.75. The van der Waals surface area contributed by atoms with Crippen molar-refractivity contribution in [2.75, 3.05) is 5.32 Å². The molecule has 0 aliphatic heterocycles. The van der Waals surface area contributed by atoms with Crippen molar-refractivity contribution in [1.82, 2.24) is 3.96 Å². The molecule has 5 heteroatoms. The number of carbonyl (C=O) groups is 1. The number of benzene rings is 2. The maximum atomic E-state index is 12.2. The van der Waals surface area contributed by atoms with E-state index in [2.05, 4.69) is 5.32 Å². The molecule has 3 rings (SSSR count). The van der Waals surface area contributed by atoms with Crippen LogP contribution in [0.4, 0.5) is 5.69 Å². The first kappa shape index (κ1) is 16.5. The van der Waals surface area contributed by atoms with Crippen molar-refractivity contribution in [2.24, 2.45) is 0 Å². The van der Waals surface area contributed by atoms with Crippen molar-refractivity contribution >= 4 is 33.2 Å². The summed E-state index contributed by atoms with van der Waals surface area (Å²) >= 11 is 1.46. The molecule has 1 aromatic heterocycles. The van der Waals surface area contributed by atoms with Gasteiger partial charge in [0.1, 0.15) is 0 Å². The molecule has 124 valence electrons. The van der Waals surface area contributed by atoms with E-state index in [1.165, 1.54) is 17.1 Å².